The van der Waals surface area contributed by atoms with Gasteiger partial charge in [-0.05, 0) is 42.8 Å². The lowest BCUT2D eigenvalue weighted by molar-refractivity contribution is -0.137. The molecule has 3 aromatic rings. The summed E-state index contributed by atoms with van der Waals surface area (Å²) in [5.41, 5.74) is 0.989. The van der Waals surface area contributed by atoms with Crippen LogP contribution in [-0.2, 0) is 6.18 Å². The Balaban J connectivity index is 1.93. The lowest BCUT2D eigenvalue weighted by atomic mass is 9.95. The number of alkyl halides is 3. The van der Waals surface area contributed by atoms with Crippen LogP contribution < -0.4 is 10.2 Å². The molecule has 1 N–H and O–H groups in total. The maximum absolute atomic E-state index is 13.4. The van der Waals surface area contributed by atoms with Crippen LogP contribution in [0.5, 0.6) is 0 Å². The number of nitrogens with zero attached hydrogens (tertiary/aromatic N) is 7. The molecular formula is C23H15F3N8. The molecule has 4 rings (SSSR count). The van der Waals surface area contributed by atoms with Gasteiger partial charge in [0.1, 0.15) is 12.6 Å². The fraction of sp³-hybridized carbons (Fsp3) is 0.174. The van der Waals surface area contributed by atoms with Gasteiger partial charge in [0.2, 0.25) is 11.9 Å². The molecule has 34 heavy (non-hydrogen) atoms. The van der Waals surface area contributed by atoms with Crippen molar-refractivity contribution in [2.75, 3.05) is 16.8 Å². The molecule has 0 saturated heterocycles. The maximum Gasteiger partial charge on any atom is 0.416 e. The molecule has 0 bridgehead atoms. The number of allylic oxidation sites excluding steroid dienone is 2. The molecule has 11 heteroatoms. The third-order valence-electron chi connectivity index (χ3n) is 5.29. The van der Waals surface area contributed by atoms with Crippen LogP contribution in [0.15, 0.2) is 59.8 Å². The van der Waals surface area contributed by atoms with E-state index < -0.39 is 17.8 Å². The van der Waals surface area contributed by atoms with E-state index in [1.165, 1.54) is 21.7 Å². The minimum absolute atomic E-state index is 0.0826. The Morgan fingerprint density at radius 3 is 2.41 bits per heavy atom. The highest BCUT2D eigenvalue weighted by Crippen LogP contribution is 2.43. The maximum atomic E-state index is 13.4. The van der Waals surface area contributed by atoms with Gasteiger partial charge in [-0.2, -0.15) is 33.9 Å². The minimum atomic E-state index is -4.56. The Bertz CT molecular complexity index is 1400. The fourth-order valence-corrected chi connectivity index (χ4v) is 3.75. The van der Waals surface area contributed by atoms with Crippen molar-refractivity contribution in [2.24, 2.45) is 0 Å². The largest absolute Gasteiger partial charge is 0.416 e. The molecule has 0 saturated carbocycles. The normalized spacial score (nSPS) is 15.2. The predicted molar refractivity (Wildman–Crippen MR) is 115 cm³/mol. The van der Waals surface area contributed by atoms with E-state index in [-0.39, 0.29) is 29.7 Å². The van der Waals surface area contributed by atoms with Gasteiger partial charge in [0.25, 0.3) is 0 Å². The number of fused-ring (bicyclic) bond motifs is 1. The molecule has 1 atom stereocenters. The SMILES string of the molecule is CC1=C(C#N)C(c2ccc(C#N)cc2)n2nc(NCC#N)nc2N1c1cccc(C(F)(F)F)c1. The van der Waals surface area contributed by atoms with Gasteiger partial charge in [-0.1, -0.05) is 18.2 Å². The number of nitrogens with one attached hydrogen (secondary N) is 1. The molecule has 0 amide bonds. The van der Waals surface area contributed by atoms with Crippen LogP contribution in [0.4, 0.5) is 30.8 Å². The summed E-state index contributed by atoms with van der Waals surface area (Å²) in [6, 6.07) is 16.6. The van der Waals surface area contributed by atoms with Gasteiger partial charge in [-0.15, -0.1) is 5.10 Å². The molecule has 0 spiro atoms. The highest BCUT2D eigenvalue weighted by Gasteiger charge is 2.37. The van der Waals surface area contributed by atoms with Crippen molar-refractivity contribution in [1.29, 1.82) is 15.8 Å². The molecule has 1 aromatic heterocycles. The second-order valence-electron chi connectivity index (χ2n) is 7.32. The van der Waals surface area contributed by atoms with Gasteiger partial charge in [0.05, 0.1) is 34.9 Å². The number of benzene rings is 2. The number of anilines is 3. The van der Waals surface area contributed by atoms with Crippen LogP contribution in [0.25, 0.3) is 0 Å². The number of nitriles is 3. The highest BCUT2D eigenvalue weighted by atomic mass is 19.4. The second kappa shape index (κ2) is 8.61. The third-order valence-corrected chi connectivity index (χ3v) is 5.29. The first-order valence-electron chi connectivity index (χ1n) is 9.94. The van der Waals surface area contributed by atoms with Gasteiger partial charge in [0, 0.05) is 11.4 Å². The molecule has 168 valence electrons. The van der Waals surface area contributed by atoms with Crippen LogP contribution in [0.2, 0.25) is 0 Å². The number of aromatic nitrogens is 3. The third kappa shape index (κ3) is 3.89. The average molecular weight is 460 g/mol. The standard InChI is InChI=1S/C23H15F3N8/c1-14-19(13-29)20(16-7-5-15(12-28)6-8-16)34-22(31-21(32-34)30-10-9-27)33(14)18-4-2-3-17(11-18)23(24,25)26/h2-8,11,20H,10H2,1H3,(H,30,32). The summed E-state index contributed by atoms with van der Waals surface area (Å²) >= 11 is 0. The van der Waals surface area contributed by atoms with Crippen LogP contribution in [0, 0.1) is 34.0 Å². The first-order chi connectivity index (χ1) is 16.3. The molecule has 1 aliphatic heterocycles. The van der Waals surface area contributed by atoms with E-state index in [0.717, 1.165) is 12.1 Å². The van der Waals surface area contributed by atoms with Crippen molar-refractivity contribution in [1.82, 2.24) is 14.8 Å². The molecule has 1 unspecified atom stereocenters. The molecule has 0 fully saturated rings. The van der Waals surface area contributed by atoms with Crippen molar-refractivity contribution in [3.63, 3.8) is 0 Å². The van der Waals surface area contributed by atoms with Crippen LogP contribution >= 0.6 is 0 Å². The van der Waals surface area contributed by atoms with E-state index >= 15 is 0 Å². The second-order valence-corrected chi connectivity index (χ2v) is 7.32. The van der Waals surface area contributed by atoms with Crippen molar-refractivity contribution in [3.05, 3.63) is 76.5 Å². The first kappa shape index (κ1) is 22.4. The zero-order valence-corrected chi connectivity index (χ0v) is 17.7. The first-order valence-corrected chi connectivity index (χ1v) is 9.94. The Morgan fingerprint density at radius 1 is 1.06 bits per heavy atom. The van der Waals surface area contributed by atoms with Crippen LogP contribution in [0.1, 0.15) is 29.7 Å². The van der Waals surface area contributed by atoms with Gasteiger partial charge in [-0.25, -0.2) is 4.68 Å². The van der Waals surface area contributed by atoms with E-state index in [1.54, 1.807) is 31.2 Å². The van der Waals surface area contributed by atoms with E-state index in [2.05, 4.69) is 21.5 Å². The zero-order valence-electron chi connectivity index (χ0n) is 17.7. The molecule has 0 aliphatic carbocycles. The Morgan fingerprint density at radius 2 is 1.79 bits per heavy atom. The van der Waals surface area contributed by atoms with E-state index in [1.807, 2.05) is 12.1 Å². The van der Waals surface area contributed by atoms with Crippen molar-refractivity contribution in [3.8, 4) is 18.2 Å². The minimum Gasteiger partial charge on any atom is -0.340 e. The molecule has 0 radical (unpaired) electrons. The topological polar surface area (TPSA) is 117 Å². The Labute approximate surface area is 192 Å². The number of hydrogen-bond donors (Lipinski definition) is 1. The summed E-state index contributed by atoms with van der Waals surface area (Å²) in [5.74, 6) is 0.254. The predicted octanol–water partition coefficient (Wildman–Crippen LogP) is 4.64. The van der Waals surface area contributed by atoms with Gasteiger partial charge < -0.3 is 5.32 Å². The van der Waals surface area contributed by atoms with Crippen molar-refractivity contribution < 1.29 is 13.2 Å². The van der Waals surface area contributed by atoms with E-state index in [0.29, 0.717) is 16.8 Å². The highest BCUT2D eigenvalue weighted by molar-refractivity contribution is 5.69. The summed E-state index contributed by atoms with van der Waals surface area (Å²) in [7, 11) is 0. The molecule has 2 heterocycles. The summed E-state index contributed by atoms with van der Waals surface area (Å²) in [6.07, 6.45) is -4.56. The molecule has 8 nitrogen and oxygen atoms in total. The fourth-order valence-electron chi connectivity index (χ4n) is 3.75. The number of hydrogen-bond acceptors (Lipinski definition) is 7. The Kier molecular flexibility index (Phi) is 5.66. The number of rotatable bonds is 4. The zero-order chi connectivity index (χ0) is 24.5. The summed E-state index contributed by atoms with van der Waals surface area (Å²) in [4.78, 5) is 5.83. The molecular weight excluding hydrogens is 445 g/mol. The average Bonchev–Trinajstić information content (AvgIpc) is 3.24. The lowest BCUT2D eigenvalue weighted by Crippen LogP contribution is -2.31. The smallest absolute Gasteiger partial charge is 0.340 e. The lowest BCUT2D eigenvalue weighted by Gasteiger charge is -2.34. The summed E-state index contributed by atoms with van der Waals surface area (Å²) in [6.45, 7) is 1.53. The number of halogens is 3. The van der Waals surface area contributed by atoms with Gasteiger partial charge in [-0.3, -0.25) is 4.90 Å². The van der Waals surface area contributed by atoms with Crippen LogP contribution in [0.3, 0.4) is 0 Å². The monoisotopic (exact) mass is 460 g/mol. The van der Waals surface area contributed by atoms with Gasteiger partial charge >= 0.3 is 6.18 Å². The quantitative estimate of drug-likeness (QED) is 0.564. The van der Waals surface area contributed by atoms with E-state index in [9.17, 15) is 18.4 Å². The summed E-state index contributed by atoms with van der Waals surface area (Å²) < 4.78 is 41.6. The van der Waals surface area contributed by atoms with Crippen LogP contribution in [-0.4, -0.2) is 21.3 Å². The molecule has 1 aliphatic rings. The summed E-state index contributed by atoms with van der Waals surface area (Å²) in [5, 5.41) is 35.2. The van der Waals surface area contributed by atoms with Crippen molar-refractivity contribution in [2.45, 2.75) is 19.1 Å². The Hall–Kier alpha value is -4.82. The molecule has 2 aromatic carbocycles. The van der Waals surface area contributed by atoms with E-state index in [4.69, 9.17) is 10.5 Å². The van der Waals surface area contributed by atoms with Crippen molar-refractivity contribution >= 4 is 17.6 Å². The van der Waals surface area contributed by atoms with Gasteiger partial charge in [0.15, 0.2) is 0 Å².